The highest BCUT2D eigenvalue weighted by Crippen LogP contribution is 2.24. The minimum Gasteiger partial charge on any atom is -0.462 e. The van der Waals surface area contributed by atoms with Gasteiger partial charge in [0.25, 0.3) is 10.1 Å². The Kier molecular flexibility index (Phi) is 37.5. The molecule has 12 nitrogen and oxygen atoms in total. The van der Waals surface area contributed by atoms with E-state index in [4.69, 9.17) is 18.9 Å². The van der Waals surface area contributed by atoms with Crippen molar-refractivity contribution < 1.29 is 56.8 Å². The molecule has 2 unspecified atom stereocenters. The second kappa shape index (κ2) is 40.2. The van der Waals surface area contributed by atoms with Crippen molar-refractivity contribution in [3.63, 3.8) is 0 Å². The Morgan fingerprint density at radius 3 is 1.46 bits per heavy atom. The number of unbranched alkanes of at least 4 members (excludes halogenated alkanes) is 24. The summed E-state index contributed by atoms with van der Waals surface area (Å²) < 4.78 is 54.2. The maximum Gasteiger partial charge on any atom is 0.306 e. The number of rotatable bonds is 42. The maximum absolute atomic E-state index is 12.9. The first-order chi connectivity index (χ1) is 30.5. The number of esters is 2. The SMILES string of the molecule is CCCC/C=C/C/C=C/CCCCCCCC(=O)OC[C@H](CO[C@H]1O[C@H](CS(=O)(=O)O)[C@@H](O)C(O)C1O)OC(=O)CCCCCCCCCCCCC/C=C/CCCCCCCC. The van der Waals surface area contributed by atoms with Crippen molar-refractivity contribution in [2.24, 2.45) is 0 Å². The van der Waals surface area contributed by atoms with E-state index in [1.165, 1.54) is 109 Å². The molecule has 63 heavy (non-hydrogen) atoms. The van der Waals surface area contributed by atoms with Crippen LogP contribution in [0.5, 0.6) is 0 Å². The first kappa shape index (κ1) is 58.9. The topological polar surface area (TPSA) is 186 Å². The van der Waals surface area contributed by atoms with Gasteiger partial charge in [0, 0.05) is 12.8 Å². The van der Waals surface area contributed by atoms with Gasteiger partial charge in [-0.2, -0.15) is 8.42 Å². The highest BCUT2D eigenvalue weighted by atomic mass is 32.2. The Morgan fingerprint density at radius 2 is 0.968 bits per heavy atom. The van der Waals surface area contributed by atoms with Gasteiger partial charge in [-0.25, -0.2) is 0 Å². The van der Waals surface area contributed by atoms with Crippen LogP contribution in [0.25, 0.3) is 0 Å². The molecule has 4 N–H and O–H groups in total. The smallest absolute Gasteiger partial charge is 0.306 e. The quantitative estimate of drug-likeness (QED) is 0.0197. The van der Waals surface area contributed by atoms with E-state index in [0.29, 0.717) is 12.8 Å². The summed E-state index contributed by atoms with van der Waals surface area (Å²) in [6.45, 7) is 3.72. The second-order valence-corrected chi connectivity index (χ2v) is 19.0. The molecule has 1 aliphatic rings. The van der Waals surface area contributed by atoms with E-state index in [0.717, 1.165) is 64.2 Å². The summed E-state index contributed by atoms with van der Waals surface area (Å²) in [6.07, 6.45) is 37.6. The zero-order chi connectivity index (χ0) is 46.2. The normalized spacial score (nSPS) is 20.0. The molecule has 1 rings (SSSR count). The molecule has 0 spiro atoms. The number of hydrogen-bond acceptors (Lipinski definition) is 11. The fourth-order valence-electron chi connectivity index (χ4n) is 7.51. The molecule has 6 atom stereocenters. The van der Waals surface area contributed by atoms with Crippen LogP contribution >= 0.6 is 0 Å². The molecule has 13 heteroatoms. The molecule has 368 valence electrons. The zero-order valence-corrected chi connectivity index (χ0v) is 40.2. The molecule has 1 fully saturated rings. The van der Waals surface area contributed by atoms with Crippen LogP contribution in [0, 0.1) is 0 Å². The van der Waals surface area contributed by atoms with Gasteiger partial charge in [-0.3, -0.25) is 14.1 Å². The van der Waals surface area contributed by atoms with Gasteiger partial charge < -0.3 is 34.3 Å². The van der Waals surface area contributed by atoms with Gasteiger partial charge in [0.2, 0.25) is 0 Å². The maximum atomic E-state index is 12.9. The molecular formula is C50H90O12S. The van der Waals surface area contributed by atoms with Crippen LogP contribution < -0.4 is 0 Å². The third-order valence-electron chi connectivity index (χ3n) is 11.4. The van der Waals surface area contributed by atoms with Crippen LogP contribution in [0.2, 0.25) is 0 Å². The first-order valence-corrected chi connectivity index (χ1v) is 26.7. The average Bonchev–Trinajstić information content (AvgIpc) is 3.25. The van der Waals surface area contributed by atoms with E-state index in [1.807, 2.05) is 0 Å². The summed E-state index contributed by atoms with van der Waals surface area (Å²) in [6, 6.07) is 0. The van der Waals surface area contributed by atoms with Crippen molar-refractivity contribution in [2.45, 2.75) is 250 Å². The molecule has 1 saturated heterocycles. The largest absolute Gasteiger partial charge is 0.462 e. The van der Waals surface area contributed by atoms with Gasteiger partial charge in [0.15, 0.2) is 12.4 Å². The van der Waals surface area contributed by atoms with Crippen LogP contribution in [0.1, 0.15) is 213 Å². The zero-order valence-electron chi connectivity index (χ0n) is 39.4. The predicted octanol–water partition coefficient (Wildman–Crippen LogP) is 11.0. The van der Waals surface area contributed by atoms with Gasteiger partial charge in [0.05, 0.1) is 6.61 Å². The number of aliphatic hydroxyl groups excluding tert-OH is 3. The van der Waals surface area contributed by atoms with Crippen LogP contribution in [0.4, 0.5) is 0 Å². The minimum atomic E-state index is -4.60. The summed E-state index contributed by atoms with van der Waals surface area (Å²) in [4.78, 5) is 25.5. The fraction of sp³-hybridized carbons (Fsp3) is 0.840. The average molecular weight is 915 g/mol. The molecule has 0 saturated carbocycles. The summed E-state index contributed by atoms with van der Waals surface area (Å²) in [5.74, 6) is -2.00. The summed E-state index contributed by atoms with van der Waals surface area (Å²) >= 11 is 0. The van der Waals surface area contributed by atoms with Gasteiger partial charge in [0.1, 0.15) is 36.8 Å². The van der Waals surface area contributed by atoms with E-state index in [1.54, 1.807) is 0 Å². The van der Waals surface area contributed by atoms with Crippen molar-refractivity contribution in [1.29, 1.82) is 0 Å². The molecule has 0 aliphatic carbocycles. The summed E-state index contributed by atoms with van der Waals surface area (Å²) in [5.41, 5.74) is 0. The van der Waals surface area contributed by atoms with Crippen molar-refractivity contribution in [3.8, 4) is 0 Å². The van der Waals surface area contributed by atoms with Crippen LogP contribution in [0.3, 0.4) is 0 Å². The first-order valence-electron chi connectivity index (χ1n) is 25.0. The molecule has 0 amide bonds. The second-order valence-electron chi connectivity index (χ2n) is 17.5. The number of ether oxygens (including phenoxy) is 4. The minimum absolute atomic E-state index is 0.161. The standard InChI is InChI=1S/C50H90O12S/c1-3-5-7-9-11-13-15-17-19-20-21-22-23-24-25-27-29-31-33-35-37-39-46(52)61-43(41-60-50-49(55)48(54)47(53)44(62-50)42-63(56,57)58)40-59-45(51)38-36-34-32-30-28-26-18-16-14-12-10-8-6-4-2/h10,12,16-19,43-44,47-50,53-55H,3-9,11,13-15,20-42H2,1-2H3,(H,56,57,58)/b12-10+,18-16+,19-17+/t43-,44-,47-,48?,49?,50+/m1/s1. The van der Waals surface area contributed by atoms with Crippen molar-refractivity contribution in [1.82, 2.24) is 0 Å². The molecule has 0 aromatic heterocycles. The lowest BCUT2D eigenvalue weighted by Crippen LogP contribution is -2.60. The van der Waals surface area contributed by atoms with E-state index >= 15 is 0 Å². The number of carbonyl (C=O) groups excluding carboxylic acids is 2. The Balaban J connectivity index is 2.38. The molecule has 0 radical (unpaired) electrons. The number of carbonyl (C=O) groups is 2. The van der Waals surface area contributed by atoms with Gasteiger partial charge in [-0.1, -0.05) is 172 Å². The van der Waals surface area contributed by atoms with Gasteiger partial charge in [-0.15, -0.1) is 0 Å². The van der Waals surface area contributed by atoms with Gasteiger partial charge in [-0.05, 0) is 64.2 Å². The van der Waals surface area contributed by atoms with Crippen molar-refractivity contribution >= 4 is 22.1 Å². The molecular weight excluding hydrogens is 825 g/mol. The van der Waals surface area contributed by atoms with Crippen LogP contribution in [0.15, 0.2) is 36.5 Å². The van der Waals surface area contributed by atoms with Crippen molar-refractivity contribution in [2.75, 3.05) is 19.0 Å². The lowest BCUT2D eigenvalue weighted by atomic mass is 10.00. The van der Waals surface area contributed by atoms with E-state index in [-0.39, 0.29) is 19.4 Å². The third kappa shape index (κ3) is 34.8. The molecule has 1 aliphatic heterocycles. The Hall–Kier alpha value is -2.13. The number of aliphatic hydroxyl groups is 3. The van der Waals surface area contributed by atoms with Crippen LogP contribution in [-0.2, 0) is 38.7 Å². The predicted molar refractivity (Wildman–Crippen MR) is 252 cm³/mol. The van der Waals surface area contributed by atoms with Gasteiger partial charge >= 0.3 is 11.9 Å². The number of allylic oxidation sites excluding steroid dienone is 6. The van der Waals surface area contributed by atoms with E-state index in [2.05, 4.69) is 50.3 Å². The van der Waals surface area contributed by atoms with Crippen LogP contribution in [-0.4, -0.2) is 96.0 Å². The third-order valence-corrected chi connectivity index (χ3v) is 12.2. The highest BCUT2D eigenvalue weighted by molar-refractivity contribution is 7.85. The molecule has 0 aromatic rings. The van der Waals surface area contributed by atoms with E-state index < -0.39 is 71.2 Å². The molecule has 0 aromatic carbocycles. The Bertz CT molecular complexity index is 1300. The fourth-order valence-corrected chi connectivity index (χ4v) is 8.20. The van der Waals surface area contributed by atoms with E-state index in [9.17, 15) is 37.9 Å². The summed E-state index contributed by atoms with van der Waals surface area (Å²) in [7, 11) is -4.60. The Labute approximate surface area is 382 Å². The molecule has 1 heterocycles. The summed E-state index contributed by atoms with van der Waals surface area (Å²) in [5, 5.41) is 30.9. The monoisotopic (exact) mass is 915 g/mol. The Morgan fingerprint density at radius 1 is 0.540 bits per heavy atom. The molecule has 0 bridgehead atoms. The lowest BCUT2D eigenvalue weighted by molar-refractivity contribution is -0.297. The lowest BCUT2D eigenvalue weighted by Gasteiger charge is -2.40. The highest BCUT2D eigenvalue weighted by Gasteiger charge is 2.46. The van der Waals surface area contributed by atoms with Crippen molar-refractivity contribution in [3.05, 3.63) is 36.5 Å². The number of hydrogen-bond donors (Lipinski definition) is 4.